The van der Waals surface area contributed by atoms with Gasteiger partial charge in [-0.25, -0.2) is 4.52 Å². The smallest absolute Gasteiger partial charge is 0.243 e. The molecule has 5 nitrogen and oxygen atoms in total. The number of benzene rings is 1. The lowest BCUT2D eigenvalue weighted by Gasteiger charge is -2.06. The number of hydrogen-bond acceptors (Lipinski definition) is 5. The van der Waals surface area contributed by atoms with Crippen LogP contribution in [0.2, 0.25) is 0 Å². The van der Waals surface area contributed by atoms with Crippen LogP contribution >= 0.6 is 11.3 Å². The Hall–Kier alpha value is -2.08. The third-order valence-corrected chi connectivity index (χ3v) is 3.50. The minimum atomic E-state index is 0.623. The lowest BCUT2D eigenvalue weighted by atomic mass is 10.1. The predicted octanol–water partition coefficient (Wildman–Crippen LogP) is 2.51. The van der Waals surface area contributed by atoms with Gasteiger partial charge in [-0.3, -0.25) is 0 Å². The highest BCUT2D eigenvalue weighted by atomic mass is 32.1. The highest BCUT2D eigenvalue weighted by Crippen LogP contribution is 2.32. The topological polar surface area (TPSA) is 51.5 Å². The van der Waals surface area contributed by atoms with Crippen molar-refractivity contribution in [1.29, 1.82) is 0 Å². The first-order valence-electron chi connectivity index (χ1n) is 5.49. The van der Waals surface area contributed by atoms with Gasteiger partial charge in [-0.05, 0) is 12.1 Å². The molecule has 3 rings (SSSR count). The van der Waals surface area contributed by atoms with Crippen LogP contribution in [-0.2, 0) is 0 Å². The van der Waals surface area contributed by atoms with Crippen molar-refractivity contribution >= 4 is 22.2 Å². The van der Waals surface area contributed by atoms with Gasteiger partial charge < -0.3 is 10.1 Å². The summed E-state index contributed by atoms with van der Waals surface area (Å²) in [5, 5.41) is 9.37. The monoisotopic (exact) mass is 260 g/mol. The molecule has 6 heteroatoms. The van der Waals surface area contributed by atoms with E-state index in [0.717, 1.165) is 22.0 Å². The van der Waals surface area contributed by atoms with Crippen molar-refractivity contribution in [3.63, 3.8) is 0 Å². The molecule has 0 fully saturated rings. The summed E-state index contributed by atoms with van der Waals surface area (Å²) in [5.41, 5.74) is 2.00. The van der Waals surface area contributed by atoms with E-state index in [1.807, 2.05) is 41.2 Å². The van der Waals surface area contributed by atoms with E-state index in [2.05, 4.69) is 15.4 Å². The first-order valence-corrected chi connectivity index (χ1v) is 6.37. The van der Waals surface area contributed by atoms with Gasteiger partial charge in [0, 0.05) is 18.0 Å². The summed E-state index contributed by atoms with van der Waals surface area (Å²) in [6.45, 7) is 0. The van der Waals surface area contributed by atoms with Crippen molar-refractivity contribution in [3.05, 3.63) is 29.6 Å². The lowest BCUT2D eigenvalue weighted by Crippen LogP contribution is -1.94. The van der Waals surface area contributed by atoms with Crippen LogP contribution in [0.15, 0.2) is 29.6 Å². The van der Waals surface area contributed by atoms with Gasteiger partial charge in [0.25, 0.3) is 0 Å². The molecular weight excluding hydrogens is 248 g/mol. The molecule has 0 bridgehead atoms. The van der Waals surface area contributed by atoms with Gasteiger partial charge in [0.1, 0.15) is 5.75 Å². The molecule has 0 amide bonds. The minimum absolute atomic E-state index is 0.623. The van der Waals surface area contributed by atoms with Crippen molar-refractivity contribution in [2.24, 2.45) is 0 Å². The molecular formula is C12H12N4OS. The average molecular weight is 260 g/mol. The zero-order valence-electron chi connectivity index (χ0n) is 10.0. The van der Waals surface area contributed by atoms with Crippen molar-refractivity contribution in [2.45, 2.75) is 0 Å². The third-order valence-electron chi connectivity index (χ3n) is 2.69. The summed E-state index contributed by atoms with van der Waals surface area (Å²) in [6.07, 6.45) is 0. The molecule has 18 heavy (non-hydrogen) atoms. The number of thiazole rings is 1. The zero-order valence-corrected chi connectivity index (χ0v) is 10.9. The van der Waals surface area contributed by atoms with Crippen molar-refractivity contribution < 1.29 is 4.74 Å². The van der Waals surface area contributed by atoms with Crippen LogP contribution < -0.4 is 10.1 Å². The van der Waals surface area contributed by atoms with Gasteiger partial charge in [-0.1, -0.05) is 12.1 Å². The fourth-order valence-electron chi connectivity index (χ4n) is 1.83. The van der Waals surface area contributed by atoms with E-state index in [1.165, 1.54) is 0 Å². The number of rotatable bonds is 3. The summed E-state index contributed by atoms with van der Waals surface area (Å²) >= 11 is 1.56. The summed E-state index contributed by atoms with van der Waals surface area (Å²) in [6, 6.07) is 7.89. The Kier molecular flexibility index (Phi) is 2.64. The molecule has 0 saturated heterocycles. The fourth-order valence-corrected chi connectivity index (χ4v) is 2.65. The number of nitrogens with zero attached hydrogens (tertiary/aromatic N) is 3. The Labute approximate surface area is 108 Å². The molecule has 3 aromatic rings. The van der Waals surface area contributed by atoms with Crippen LogP contribution in [0.4, 0.5) is 5.95 Å². The second kappa shape index (κ2) is 4.30. The number of anilines is 1. The largest absolute Gasteiger partial charge is 0.496 e. The van der Waals surface area contributed by atoms with Crippen molar-refractivity contribution in [3.8, 4) is 17.0 Å². The van der Waals surface area contributed by atoms with Gasteiger partial charge in [-0.15, -0.1) is 16.4 Å². The molecule has 0 atom stereocenters. The van der Waals surface area contributed by atoms with Gasteiger partial charge in [0.05, 0.1) is 12.8 Å². The standard InChI is InChI=1S/C12H12N4OS/c1-13-11-14-12-16(15-11)9(7-18-12)8-5-3-4-6-10(8)17-2/h3-7H,1-2H3,(H,13,15). The summed E-state index contributed by atoms with van der Waals surface area (Å²) < 4.78 is 7.21. The maximum Gasteiger partial charge on any atom is 0.243 e. The number of para-hydroxylation sites is 1. The lowest BCUT2D eigenvalue weighted by molar-refractivity contribution is 0.416. The molecule has 0 aliphatic heterocycles. The normalized spacial score (nSPS) is 10.8. The summed E-state index contributed by atoms with van der Waals surface area (Å²) in [7, 11) is 3.48. The maximum absolute atomic E-state index is 5.38. The minimum Gasteiger partial charge on any atom is -0.496 e. The van der Waals surface area contributed by atoms with E-state index in [1.54, 1.807) is 18.4 Å². The average Bonchev–Trinajstić information content (AvgIpc) is 2.98. The van der Waals surface area contributed by atoms with Crippen molar-refractivity contribution in [2.75, 3.05) is 19.5 Å². The molecule has 92 valence electrons. The summed E-state index contributed by atoms with van der Waals surface area (Å²) in [4.78, 5) is 5.21. The molecule has 1 aromatic carbocycles. The number of hydrogen-bond donors (Lipinski definition) is 1. The Morgan fingerprint density at radius 1 is 1.33 bits per heavy atom. The van der Waals surface area contributed by atoms with E-state index in [-0.39, 0.29) is 0 Å². The van der Waals surface area contributed by atoms with E-state index < -0.39 is 0 Å². The molecule has 0 spiro atoms. The van der Waals surface area contributed by atoms with Gasteiger partial charge in [0.15, 0.2) is 0 Å². The van der Waals surface area contributed by atoms with Crippen LogP contribution in [0.25, 0.3) is 16.2 Å². The van der Waals surface area contributed by atoms with Gasteiger partial charge in [0.2, 0.25) is 10.9 Å². The number of nitrogens with one attached hydrogen (secondary N) is 1. The maximum atomic E-state index is 5.38. The second-order valence-corrected chi connectivity index (χ2v) is 4.54. The summed E-state index contributed by atoms with van der Waals surface area (Å²) in [5.74, 6) is 1.46. The Morgan fingerprint density at radius 2 is 2.17 bits per heavy atom. The zero-order chi connectivity index (χ0) is 12.5. The van der Waals surface area contributed by atoms with Crippen LogP contribution in [0.3, 0.4) is 0 Å². The Morgan fingerprint density at radius 3 is 2.94 bits per heavy atom. The predicted molar refractivity (Wildman–Crippen MR) is 72.4 cm³/mol. The van der Waals surface area contributed by atoms with Gasteiger partial charge in [-0.2, -0.15) is 4.98 Å². The molecule has 2 heterocycles. The SMILES string of the molecule is CNc1nc2scc(-c3ccccc3OC)n2n1. The molecule has 2 aromatic heterocycles. The van der Waals surface area contributed by atoms with E-state index in [0.29, 0.717) is 5.95 Å². The van der Waals surface area contributed by atoms with Crippen LogP contribution in [0, 0.1) is 0 Å². The Bertz CT molecular complexity index is 688. The van der Waals surface area contributed by atoms with Crippen LogP contribution in [0.1, 0.15) is 0 Å². The Balaban J connectivity index is 2.21. The number of aromatic nitrogens is 3. The highest BCUT2D eigenvalue weighted by molar-refractivity contribution is 7.15. The quantitative estimate of drug-likeness (QED) is 0.786. The molecule has 0 aliphatic rings. The molecule has 0 aliphatic carbocycles. The first-order chi connectivity index (χ1) is 8.83. The van der Waals surface area contributed by atoms with E-state index in [9.17, 15) is 0 Å². The van der Waals surface area contributed by atoms with Crippen LogP contribution in [0.5, 0.6) is 5.75 Å². The van der Waals surface area contributed by atoms with E-state index >= 15 is 0 Å². The third kappa shape index (κ3) is 1.62. The van der Waals surface area contributed by atoms with Gasteiger partial charge >= 0.3 is 0 Å². The molecule has 0 radical (unpaired) electrons. The molecule has 0 unspecified atom stereocenters. The number of ether oxygens (including phenoxy) is 1. The van der Waals surface area contributed by atoms with Crippen molar-refractivity contribution in [1.82, 2.24) is 14.6 Å². The van der Waals surface area contributed by atoms with E-state index in [4.69, 9.17) is 4.74 Å². The second-order valence-electron chi connectivity index (χ2n) is 3.70. The molecule has 1 N–H and O–H groups in total. The fraction of sp³-hybridized carbons (Fsp3) is 0.167. The number of fused-ring (bicyclic) bond motifs is 1. The molecule has 0 saturated carbocycles. The highest BCUT2D eigenvalue weighted by Gasteiger charge is 2.13. The first kappa shape index (κ1) is 11.0. The van der Waals surface area contributed by atoms with Crippen LogP contribution in [-0.4, -0.2) is 28.8 Å². The number of methoxy groups -OCH3 is 1.